The van der Waals surface area contributed by atoms with E-state index in [1.807, 2.05) is 51.1 Å². The fraction of sp³-hybridized carbons (Fsp3) is 0.500. The van der Waals surface area contributed by atoms with Gasteiger partial charge < -0.3 is 35.4 Å². The molecule has 11 heteroatoms. The Balaban J connectivity index is 1.73. The SMILES string of the molecule is CNCC(C)(C)C(=O)OC(CC(C)C)C(=O)OC(C/C=C/C(=O)NC(C=O)Cc1ccc(N)c(Cl)c1)C(C)C1OC1c1ccccc1. The minimum absolute atomic E-state index is 0.0523. The zero-order valence-corrected chi connectivity index (χ0v) is 28.8. The zero-order valence-electron chi connectivity index (χ0n) is 28.0. The maximum atomic E-state index is 13.6. The number of hydrogen-bond acceptors (Lipinski definition) is 9. The van der Waals surface area contributed by atoms with Crippen LogP contribution in [0.4, 0.5) is 5.69 Å². The van der Waals surface area contributed by atoms with Crippen LogP contribution in [0.25, 0.3) is 0 Å². The Hall–Kier alpha value is -3.73. The van der Waals surface area contributed by atoms with Crippen molar-refractivity contribution < 1.29 is 33.4 Å². The second-order valence-corrected chi connectivity index (χ2v) is 13.6. The van der Waals surface area contributed by atoms with Crippen LogP contribution in [0.1, 0.15) is 64.7 Å². The summed E-state index contributed by atoms with van der Waals surface area (Å²) in [4.78, 5) is 51.1. The predicted octanol–water partition coefficient (Wildman–Crippen LogP) is 4.99. The molecule has 2 aromatic rings. The molecule has 1 amide bonds. The number of rotatable bonds is 18. The summed E-state index contributed by atoms with van der Waals surface area (Å²) in [7, 11) is 1.74. The van der Waals surface area contributed by atoms with Crippen molar-refractivity contribution in [3.05, 3.63) is 76.8 Å². The van der Waals surface area contributed by atoms with Crippen molar-refractivity contribution >= 4 is 41.4 Å². The average Bonchev–Trinajstić information content (AvgIpc) is 3.82. The zero-order chi connectivity index (χ0) is 34.7. The number of ether oxygens (including phenoxy) is 3. The van der Waals surface area contributed by atoms with E-state index >= 15 is 0 Å². The van der Waals surface area contributed by atoms with Gasteiger partial charge in [-0.2, -0.15) is 0 Å². The molecule has 0 aromatic heterocycles. The van der Waals surface area contributed by atoms with E-state index in [1.54, 1.807) is 45.2 Å². The minimum Gasteiger partial charge on any atom is -0.459 e. The predicted molar refractivity (Wildman–Crippen MR) is 181 cm³/mol. The van der Waals surface area contributed by atoms with Gasteiger partial charge in [0.1, 0.15) is 18.5 Å². The highest BCUT2D eigenvalue weighted by Gasteiger charge is 2.47. The molecule has 0 radical (unpaired) electrons. The van der Waals surface area contributed by atoms with Gasteiger partial charge in [-0.15, -0.1) is 0 Å². The number of carbonyl (C=O) groups excluding carboxylic acids is 4. The van der Waals surface area contributed by atoms with Crippen molar-refractivity contribution in [3.8, 4) is 0 Å². The van der Waals surface area contributed by atoms with Crippen molar-refractivity contribution in [2.75, 3.05) is 19.3 Å². The Morgan fingerprint density at radius 2 is 1.79 bits per heavy atom. The third-order valence-corrected chi connectivity index (χ3v) is 8.37. The third-order valence-electron chi connectivity index (χ3n) is 8.04. The van der Waals surface area contributed by atoms with E-state index in [2.05, 4.69) is 10.6 Å². The number of carbonyl (C=O) groups is 4. The number of amides is 1. The van der Waals surface area contributed by atoms with Gasteiger partial charge in [0.2, 0.25) is 5.91 Å². The molecule has 0 spiro atoms. The maximum Gasteiger partial charge on any atom is 0.347 e. The van der Waals surface area contributed by atoms with Gasteiger partial charge >= 0.3 is 11.9 Å². The van der Waals surface area contributed by atoms with Gasteiger partial charge in [0.05, 0.1) is 28.3 Å². The first-order valence-corrected chi connectivity index (χ1v) is 16.4. The van der Waals surface area contributed by atoms with E-state index < -0.39 is 41.5 Å². The highest BCUT2D eigenvalue weighted by Crippen LogP contribution is 2.45. The van der Waals surface area contributed by atoms with Crippen molar-refractivity contribution in [2.24, 2.45) is 17.3 Å². The van der Waals surface area contributed by atoms with Crippen LogP contribution >= 0.6 is 11.6 Å². The monoisotopic (exact) mass is 669 g/mol. The molecule has 4 N–H and O–H groups in total. The summed E-state index contributed by atoms with van der Waals surface area (Å²) >= 11 is 6.09. The number of epoxide rings is 1. The average molecular weight is 670 g/mol. The Bertz CT molecular complexity index is 1400. The minimum atomic E-state index is -1.10. The molecular formula is C36H48ClN3O7. The Morgan fingerprint density at radius 1 is 1.09 bits per heavy atom. The maximum absolute atomic E-state index is 13.6. The van der Waals surface area contributed by atoms with Crippen LogP contribution in [0.5, 0.6) is 0 Å². The first kappa shape index (κ1) is 37.7. The van der Waals surface area contributed by atoms with E-state index in [9.17, 15) is 19.2 Å². The lowest BCUT2D eigenvalue weighted by atomic mass is 9.93. The van der Waals surface area contributed by atoms with Crippen LogP contribution in [0.15, 0.2) is 60.7 Å². The molecule has 47 heavy (non-hydrogen) atoms. The van der Waals surface area contributed by atoms with Gasteiger partial charge in [-0.1, -0.05) is 74.8 Å². The van der Waals surface area contributed by atoms with Gasteiger partial charge in [0.25, 0.3) is 0 Å². The molecular weight excluding hydrogens is 622 g/mol. The topological polar surface area (TPSA) is 149 Å². The van der Waals surface area contributed by atoms with Crippen LogP contribution in [0.3, 0.4) is 0 Å². The molecule has 0 aliphatic carbocycles. The van der Waals surface area contributed by atoms with E-state index in [0.29, 0.717) is 30.0 Å². The lowest BCUT2D eigenvalue weighted by molar-refractivity contribution is -0.179. The first-order chi connectivity index (χ1) is 22.2. The van der Waals surface area contributed by atoms with E-state index in [-0.39, 0.29) is 36.9 Å². The molecule has 1 aliphatic heterocycles. The molecule has 1 fully saturated rings. The van der Waals surface area contributed by atoms with Gasteiger partial charge in [0, 0.05) is 18.9 Å². The molecule has 1 aliphatic rings. The lowest BCUT2D eigenvalue weighted by Gasteiger charge is -2.28. The summed E-state index contributed by atoms with van der Waals surface area (Å²) in [6, 6.07) is 14.0. The molecule has 1 saturated heterocycles. The highest BCUT2D eigenvalue weighted by atomic mass is 35.5. The largest absolute Gasteiger partial charge is 0.459 e. The Kier molecular flexibility index (Phi) is 14.0. The van der Waals surface area contributed by atoms with Crippen molar-refractivity contribution in [2.45, 2.75) is 84.3 Å². The summed E-state index contributed by atoms with van der Waals surface area (Å²) in [6.45, 7) is 9.67. The normalized spacial score (nSPS) is 18.6. The van der Waals surface area contributed by atoms with Gasteiger partial charge in [-0.3, -0.25) is 9.59 Å². The molecule has 2 aromatic carbocycles. The molecule has 10 nitrogen and oxygen atoms in total. The molecule has 3 rings (SSSR count). The summed E-state index contributed by atoms with van der Waals surface area (Å²) in [5, 5.41) is 6.03. The van der Waals surface area contributed by atoms with Crippen LogP contribution in [-0.2, 0) is 39.8 Å². The summed E-state index contributed by atoms with van der Waals surface area (Å²) in [5.74, 6) is -1.84. The summed E-state index contributed by atoms with van der Waals surface area (Å²) < 4.78 is 17.8. The van der Waals surface area contributed by atoms with Crippen molar-refractivity contribution in [3.63, 3.8) is 0 Å². The standard InChI is InChI=1S/C36H48ClN3O7/c1-22(2)17-30(46-35(44)36(4,5)21-39-6)34(43)45-29(23(3)32-33(47-32)25-11-8-7-9-12-25)13-10-14-31(42)40-26(20-41)18-24-15-16-28(38)27(37)19-24/h7-12,14-16,19-20,22-23,26,29-30,32-33,39H,13,17-18,21,38H2,1-6H3,(H,40,42)/b14-10+. The third kappa shape index (κ3) is 11.5. The number of nitrogens with one attached hydrogen (secondary N) is 2. The molecule has 6 atom stereocenters. The van der Waals surface area contributed by atoms with Gasteiger partial charge in [-0.25, -0.2) is 4.79 Å². The molecule has 0 saturated carbocycles. The number of hydrogen-bond donors (Lipinski definition) is 3. The van der Waals surface area contributed by atoms with E-state index in [4.69, 9.17) is 31.5 Å². The van der Waals surface area contributed by atoms with Crippen LogP contribution in [0, 0.1) is 17.3 Å². The number of aldehydes is 1. The van der Waals surface area contributed by atoms with E-state index in [0.717, 1.165) is 11.1 Å². The van der Waals surface area contributed by atoms with Gasteiger partial charge in [-0.05, 0) is 69.0 Å². The second kappa shape index (κ2) is 17.4. The smallest absolute Gasteiger partial charge is 0.347 e. The van der Waals surface area contributed by atoms with Gasteiger partial charge in [0.15, 0.2) is 6.10 Å². The fourth-order valence-corrected chi connectivity index (χ4v) is 5.49. The highest BCUT2D eigenvalue weighted by molar-refractivity contribution is 6.33. The molecule has 0 bridgehead atoms. The van der Waals surface area contributed by atoms with Crippen LogP contribution in [0.2, 0.25) is 5.02 Å². The number of halogens is 1. The van der Waals surface area contributed by atoms with Crippen molar-refractivity contribution in [1.29, 1.82) is 0 Å². The number of esters is 2. The molecule has 1 heterocycles. The number of anilines is 1. The second-order valence-electron chi connectivity index (χ2n) is 13.2. The fourth-order valence-electron chi connectivity index (χ4n) is 5.29. The van der Waals surface area contributed by atoms with Crippen molar-refractivity contribution in [1.82, 2.24) is 10.6 Å². The van der Waals surface area contributed by atoms with E-state index in [1.165, 1.54) is 6.08 Å². The Labute approximate surface area is 282 Å². The summed E-state index contributed by atoms with van der Waals surface area (Å²) in [6.07, 6.45) is 2.13. The Morgan fingerprint density at radius 3 is 2.40 bits per heavy atom. The van der Waals surface area contributed by atoms with Crippen LogP contribution in [-0.4, -0.2) is 62.1 Å². The first-order valence-electron chi connectivity index (χ1n) is 16.0. The lowest BCUT2D eigenvalue weighted by Crippen LogP contribution is -2.42. The number of nitrogens with two attached hydrogens (primary N) is 1. The molecule has 6 unspecified atom stereocenters. The number of benzene rings is 2. The quantitative estimate of drug-likeness (QED) is 0.0656. The van der Waals surface area contributed by atoms with Crippen LogP contribution < -0.4 is 16.4 Å². The summed E-state index contributed by atoms with van der Waals surface area (Å²) in [5.41, 5.74) is 7.10. The number of nitrogen functional groups attached to an aromatic ring is 1. The molecule has 256 valence electrons.